The molecule has 0 atom stereocenters. The highest BCUT2D eigenvalue weighted by Gasteiger charge is 2.10. The fourth-order valence-corrected chi connectivity index (χ4v) is 2.68. The average Bonchev–Trinajstić information content (AvgIpc) is 2.86. The molecule has 106 valence electrons. The number of halogens is 3. The fraction of sp³-hybridized carbons (Fsp3) is 0.0625. The molecular formula is C16H11BrF2N2. The van der Waals surface area contributed by atoms with E-state index in [1.54, 1.807) is 12.4 Å². The quantitative estimate of drug-likeness (QED) is 0.674. The molecule has 0 aliphatic heterocycles. The molecule has 0 saturated carbocycles. The van der Waals surface area contributed by atoms with Gasteiger partial charge in [0.15, 0.2) is 0 Å². The highest BCUT2D eigenvalue weighted by atomic mass is 79.9. The Morgan fingerprint density at radius 1 is 1.05 bits per heavy atom. The molecule has 0 aliphatic rings. The van der Waals surface area contributed by atoms with E-state index in [9.17, 15) is 8.78 Å². The van der Waals surface area contributed by atoms with E-state index < -0.39 is 11.6 Å². The summed E-state index contributed by atoms with van der Waals surface area (Å²) in [7, 11) is 0. The SMILES string of the molecule is Fc1cc(F)cc(Cn2ccnc2-c2ccccc2Br)c1. The minimum Gasteiger partial charge on any atom is -0.327 e. The summed E-state index contributed by atoms with van der Waals surface area (Å²) in [6.07, 6.45) is 3.46. The Morgan fingerprint density at radius 2 is 1.76 bits per heavy atom. The summed E-state index contributed by atoms with van der Waals surface area (Å²) in [4.78, 5) is 4.33. The Morgan fingerprint density at radius 3 is 2.48 bits per heavy atom. The van der Waals surface area contributed by atoms with Crippen molar-refractivity contribution in [3.63, 3.8) is 0 Å². The van der Waals surface area contributed by atoms with E-state index in [1.165, 1.54) is 12.1 Å². The molecular weight excluding hydrogens is 338 g/mol. The molecule has 5 heteroatoms. The Balaban J connectivity index is 1.98. The minimum absolute atomic E-state index is 0.353. The van der Waals surface area contributed by atoms with Gasteiger partial charge in [0, 0.05) is 35.0 Å². The predicted molar refractivity (Wildman–Crippen MR) is 80.8 cm³/mol. The van der Waals surface area contributed by atoms with Crippen LogP contribution in [0.15, 0.2) is 59.3 Å². The number of nitrogens with zero attached hydrogens (tertiary/aromatic N) is 2. The van der Waals surface area contributed by atoms with E-state index >= 15 is 0 Å². The van der Waals surface area contributed by atoms with Crippen molar-refractivity contribution in [1.82, 2.24) is 9.55 Å². The highest BCUT2D eigenvalue weighted by Crippen LogP contribution is 2.27. The van der Waals surface area contributed by atoms with E-state index in [1.807, 2.05) is 28.8 Å². The van der Waals surface area contributed by atoms with Gasteiger partial charge in [-0.25, -0.2) is 13.8 Å². The maximum atomic E-state index is 13.3. The molecule has 3 aromatic rings. The van der Waals surface area contributed by atoms with Crippen LogP contribution in [0.3, 0.4) is 0 Å². The maximum Gasteiger partial charge on any atom is 0.141 e. The Hall–Kier alpha value is -2.01. The van der Waals surface area contributed by atoms with Crippen LogP contribution in [-0.2, 0) is 6.54 Å². The fourth-order valence-electron chi connectivity index (χ4n) is 2.22. The number of aromatic nitrogens is 2. The largest absolute Gasteiger partial charge is 0.327 e. The van der Waals surface area contributed by atoms with Gasteiger partial charge in [0.25, 0.3) is 0 Å². The average molecular weight is 349 g/mol. The maximum absolute atomic E-state index is 13.3. The van der Waals surface area contributed by atoms with Crippen LogP contribution in [0.4, 0.5) is 8.78 Å². The summed E-state index contributed by atoms with van der Waals surface area (Å²) in [6, 6.07) is 11.2. The Bertz CT molecular complexity index is 763. The van der Waals surface area contributed by atoms with Crippen LogP contribution in [-0.4, -0.2) is 9.55 Å². The zero-order valence-electron chi connectivity index (χ0n) is 10.9. The minimum atomic E-state index is -0.576. The van der Waals surface area contributed by atoms with Crippen molar-refractivity contribution in [3.8, 4) is 11.4 Å². The zero-order chi connectivity index (χ0) is 14.8. The third-order valence-electron chi connectivity index (χ3n) is 3.11. The van der Waals surface area contributed by atoms with Crippen molar-refractivity contribution in [2.45, 2.75) is 6.54 Å². The normalized spacial score (nSPS) is 10.8. The van der Waals surface area contributed by atoms with Gasteiger partial charge in [-0.3, -0.25) is 0 Å². The Kier molecular flexibility index (Phi) is 3.84. The van der Waals surface area contributed by atoms with Crippen LogP contribution in [0.5, 0.6) is 0 Å². The monoisotopic (exact) mass is 348 g/mol. The molecule has 1 heterocycles. The van der Waals surface area contributed by atoms with Gasteiger partial charge in [0.2, 0.25) is 0 Å². The number of imidazole rings is 1. The number of hydrogen-bond donors (Lipinski definition) is 0. The second-order valence-electron chi connectivity index (χ2n) is 4.64. The molecule has 0 radical (unpaired) electrons. The summed E-state index contributed by atoms with van der Waals surface area (Å²) < 4.78 is 29.3. The summed E-state index contributed by atoms with van der Waals surface area (Å²) >= 11 is 3.49. The third kappa shape index (κ3) is 3.03. The van der Waals surface area contributed by atoms with E-state index in [2.05, 4.69) is 20.9 Å². The van der Waals surface area contributed by atoms with Crippen LogP contribution in [0, 0.1) is 11.6 Å². The van der Waals surface area contributed by atoms with E-state index in [0.29, 0.717) is 12.1 Å². The lowest BCUT2D eigenvalue weighted by atomic mass is 10.2. The van der Waals surface area contributed by atoms with Crippen LogP contribution >= 0.6 is 15.9 Å². The van der Waals surface area contributed by atoms with Gasteiger partial charge in [-0.1, -0.05) is 34.1 Å². The van der Waals surface area contributed by atoms with Crippen LogP contribution in [0.2, 0.25) is 0 Å². The Labute approximate surface area is 129 Å². The molecule has 0 fully saturated rings. The van der Waals surface area contributed by atoms with Gasteiger partial charge in [0.1, 0.15) is 17.5 Å². The van der Waals surface area contributed by atoms with Crippen molar-refractivity contribution in [3.05, 3.63) is 76.5 Å². The number of rotatable bonds is 3. The third-order valence-corrected chi connectivity index (χ3v) is 3.80. The number of benzene rings is 2. The molecule has 0 aliphatic carbocycles. The van der Waals surface area contributed by atoms with Gasteiger partial charge in [-0.15, -0.1) is 0 Å². The van der Waals surface area contributed by atoms with Crippen molar-refractivity contribution in [1.29, 1.82) is 0 Å². The topological polar surface area (TPSA) is 17.8 Å². The molecule has 0 N–H and O–H groups in total. The van der Waals surface area contributed by atoms with Gasteiger partial charge >= 0.3 is 0 Å². The second kappa shape index (κ2) is 5.77. The lowest BCUT2D eigenvalue weighted by Gasteiger charge is -2.09. The molecule has 0 amide bonds. The van der Waals surface area contributed by atoms with E-state index in [4.69, 9.17) is 0 Å². The van der Waals surface area contributed by atoms with Crippen molar-refractivity contribution < 1.29 is 8.78 Å². The van der Waals surface area contributed by atoms with Gasteiger partial charge in [0.05, 0.1) is 0 Å². The van der Waals surface area contributed by atoms with E-state index in [-0.39, 0.29) is 0 Å². The molecule has 3 rings (SSSR count). The van der Waals surface area contributed by atoms with Crippen LogP contribution < -0.4 is 0 Å². The molecule has 0 bridgehead atoms. The lowest BCUT2D eigenvalue weighted by molar-refractivity contribution is 0.577. The second-order valence-corrected chi connectivity index (χ2v) is 5.49. The molecule has 1 aromatic heterocycles. The first-order valence-electron chi connectivity index (χ1n) is 6.34. The molecule has 21 heavy (non-hydrogen) atoms. The first-order valence-corrected chi connectivity index (χ1v) is 7.14. The highest BCUT2D eigenvalue weighted by molar-refractivity contribution is 9.10. The molecule has 0 saturated heterocycles. The lowest BCUT2D eigenvalue weighted by Crippen LogP contribution is -2.02. The molecule has 0 spiro atoms. The van der Waals surface area contributed by atoms with Crippen molar-refractivity contribution in [2.24, 2.45) is 0 Å². The van der Waals surface area contributed by atoms with Crippen molar-refractivity contribution in [2.75, 3.05) is 0 Å². The number of hydrogen-bond acceptors (Lipinski definition) is 1. The first kappa shape index (κ1) is 13.9. The summed E-state index contributed by atoms with van der Waals surface area (Å²) in [5.74, 6) is -0.410. The molecule has 2 nitrogen and oxygen atoms in total. The van der Waals surface area contributed by atoms with Gasteiger partial charge < -0.3 is 4.57 Å². The van der Waals surface area contributed by atoms with Gasteiger partial charge in [-0.05, 0) is 23.8 Å². The summed E-state index contributed by atoms with van der Waals surface area (Å²) in [6.45, 7) is 0.353. The van der Waals surface area contributed by atoms with Crippen LogP contribution in [0.1, 0.15) is 5.56 Å². The summed E-state index contributed by atoms with van der Waals surface area (Å²) in [5, 5.41) is 0. The van der Waals surface area contributed by atoms with Crippen LogP contribution in [0.25, 0.3) is 11.4 Å². The standard InChI is InChI=1S/C16H11BrF2N2/c17-15-4-2-1-3-14(15)16-20-5-6-21(16)10-11-7-12(18)9-13(19)8-11/h1-9H,10H2. The smallest absolute Gasteiger partial charge is 0.141 e. The molecule has 0 unspecified atom stereocenters. The van der Waals surface area contributed by atoms with E-state index in [0.717, 1.165) is 21.9 Å². The predicted octanol–water partition coefficient (Wildman–Crippen LogP) is 4.64. The van der Waals surface area contributed by atoms with Gasteiger partial charge in [-0.2, -0.15) is 0 Å². The molecule has 2 aromatic carbocycles. The van der Waals surface area contributed by atoms with Crippen molar-refractivity contribution >= 4 is 15.9 Å². The zero-order valence-corrected chi connectivity index (χ0v) is 12.5. The summed E-state index contributed by atoms with van der Waals surface area (Å²) in [5.41, 5.74) is 1.48. The first-order chi connectivity index (χ1) is 10.1.